The highest BCUT2D eigenvalue weighted by Gasteiger charge is 2.23. The summed E-state index contributed by atoms with van der Waals surface area (Å²) in [5.74, 6) is -0.0148. The maximum Gasteiger partial charge on any atom is 0.357 e. The predicted molar refractivity (Wildman–Crippen MR) is 94.1 cm³/mol. The van der Waals surface area contributed by atoms with Gasteiger partial charge in [-0.1, -0.05) is 11.6 Å². The van der Waals surface area contributed by atoms with Crippen molar-refractivity contribution in [1.29, 1.82) is 5.26 Å². The van der Waals surface area contributed by atoms with E-state index in [1.54, 1.807) is 18.2 Å². The van der Waals surface area contributed by atoms with E-state index in [2.05, 4.69) is 0 Å². The minimum Gasteiger partial charge on any atom is -0.489 e. The zero-order valence-corrected chi connectivity index (χ0v) is 14.5. The van der Waals surface area contributed by atoms with Crippen LogP contribution < -0.4 is 10.5 Å². The second-order valence-electron chi connectivity index (χ2n) is 5.92. The Labute approximate surface area is 150 Å². The van der Waals surface area contributed by atoms with Gasteiger partial charge in [-0.05, 0) is 43.9 Å². The van der Waals surface area contributed by atoms with Crippen LogP contribution in [0.2, 0.25) is 5.02 Å². The molecule has 0 atom stereocenters. The lowest BCUT2D eigenvalue weighted by molar-refractivity contribution is 0.0593. The third-order valence-electron chi connectivity index (χ3n) is 4.33. The van der Waals surface area contributed by atoms with Gasteiger partial charge in [0.25, 0.3) is 0 Å². The van der Waals surface area contributed by atoms with Crippen molar-refractivity contribution in [3.8, 4) is 17.5 Å². The lowest BCUT2D eigenvalue weighted by Gasteiger charge is -2.15. The van der Waals surface area contributed by atoms with Crippen molar-refractivity contribution < 1.29 is 14.3 Å². The fraction of sp³-hybridized carbons (Fsp3) is 0.333. The number of hydrogen-bond donors (Lipinski definition) is 1. The number of halogens is 1. The Morgan fingerprint density at radius 2 is 2.12 bits per heavy atom. The molecule has 1 fully saturated rings. The average molecular weight is 360 g/mol. The average Bonchev–Trinajstić information content (AvgIpc) is 3.23. The van der Waals surface area contributed by atoms with Crippen LogP contribution in [-0.2, 0) is 4.74 Å². The summed E-state index contributed by atoms with van der Waals surface area (Å²) in [4.78, 5) is 12.0. The van der Waals surface area contributed by atoms with E-state index in [1.165, 1.54) is 30.7 Å². The van der Waals surface area contributed by atoms with Crippen molar-refractivity contribution in [2.24, 2.45) is 0 Å². The molecule has 7 heteroatoms. The van der Waals surface area contributed by atoms with Crippen LogP contribution in [0.5, 0.6) is 5.75 Å². The molecule has 1 aliphatic rings. The van der Waals surface area contributed by atoms with E-state index in [0.717, 1.165) is 12.8 Å². The van der Waals surface area contributed by atoms with Crippen molar-refractivity contribution >= 4 is 23.3 Å². The molecule has 0 unspecified atom stereocenters. The van der Waals surface area contributed by atoms with Crippen molar-refractivity contribution in [1.82, 2.24) is 4.57 Å². The molecular formula is C18H18ClN3O3. The summed E-state index contributed by atoms with van der Waals surface area (Å²) in [5.41, 5.74) is 6.87. The molecule has 2 aromatic rings. The van der Waals surface area contributed by atoms with Crippen molar-refractivity contribution in [2.75, 3.05) is 12.8 Å². The number of methoxy groups -OCH3 is 1. The number of hydrogen-bond acceptors (Lipinski definition) is 5. The molecule has 0 saturated heterocycles. The van der Waals surface area contributed by atoms with Crippen LogP contribution in [-0.4, -0.2) is 23.8 Å². The maximum atomic E-state index is 12.0. The Balaban J connectivity index is 1.98. The SMILES string of the molecule is COC(=O)c1c(N)c(C#N)cn1-c1ccc(OC2CCCC2)c(Cl)c1. The number of carbonyl (C=O) groups is 1. The maximum absolute atomic E-state index is 12.0. The highest BCUT2D eigenvalue weighted by molar-refractivity contribution is 6.32. The minimum atomic E-state index is -0.624. The van der Waals surface area contributed by atoms with Gasteiger partial charge in [0, 0.05) is 11.9 Å². The molecular weight excluding hydrogens is 342 g/mol. The summed E-state index contributed by atoms with van der Waals surface area (Å²) in [6.45, 7) is 0. The van der Waals surface area contributed by atoms with Crippen LogP contribution in [0.3, 0.4) is 0 Å². The summed E-state index contributed by atoms with van der Waals surface area (Å²) < 4.78 is 12.2. The van der Waals surface area contributed by atoms with Gasteiger partial charge in [0.05, 0.1) is 29.5 Å². The van der Waals surface area contributed by atoms with Gasteiger partial charge in [-0.25, -0.2) is 4.79 Å². The summed E-state index contributed by atoms with van der Waals surface area (Å²) in [6.07, 6.45) is 6.09. The largest absolute Gasteiger partial charge is 0.489 e. The molecule has 0 amide bonds. The van der Waals surface area contributed by atoms with Gasteiger partial charge >= 0.3 is 5.97 Å². The van der Waals surface area contributed by atoms with Crippen LogP contribution in [0.15, 0.2) is 24.4 Å². The summed E-state index contributed by atoms with van der Waals surface area (Å²) in [5, 5.41) is 9.61. The lowest BCUT2D eigenvalue weighted by atomic mass is 10.2. The van der Waals surface area contributed by atoms with Crippen LogP contribution in [0.4, 0.5) is 5.69 Å². The number of nitrogens with two attached hydrogens (primary N) is 1. The van der Waals surface area contributed by atoms with Crippen LogP contribution in [0.1, 0.15) is 41.7 Å². The van der Waals surface area contributed by atoms with Gasteiger partial charge in [-0.15, -0.1) is 0 Å². The van der Waals surface area contributed by atoms with Gasteiger partial charge in [-0.2, -0.15) is 5.26 Å². The summed E-state index contributed by atoms with van der Waals surface area (Å²) >= 11 is 6.35. The van der Waals surface area contributed by atoms with Gasteiger partial charge in [0.15, 0.2) is 5.69 Å². The Kier molecular flexibility index (Phi) is 4.86. The number of ether oxygens (including phenoxy) is 2. The monoisotopic (exact) mass is 359 g/mol. The first kappa shape index (κ1) is 17.2. The number of rotatable bonds is 4. The zero-order valence-electron chi connectivity index (χ0n) is 13.8. The number of anilines is 1. The van der Waals surface area contributed by atoms with Crippen LogP contribution >= 0.6 is 11.6 Å². The molecule has 6 nitrogen and oxygen atoms in total. The van der Waals surface area contributed by atoms with Gasteiger partial charge in [0.2, 0.25) is 0 Å². The topological polar surface area (TPSA) is 90.3 Å². The number of nitriles is 1. The highest BCUT2D eigenvalue weighted by atomic mass is 35.5. The van der Waals surface area contributed by atoms with E-state index in [1.807, 2.05) is 6.07 Å². The van der Waals surface area contributed by atoms with Crippen LogP contribution in [0, 0.1) is 11.3 Å². The number of benzene rings is 1. The molecule has 2 N–H and O–H groups in total. The second kappa shape index (κ2) is 7.08. The van der Waals surface area contributed by atoms with E-state index < -0.39 is 5.97 Å². The Bertz CT molecular complexity index is 848. The fourth-order valence-electron chi connectivity index (χ4n) is 3.04. The smallest absolute Gasteiger partial charge is 0.357 e. The van der Waals surface area contributed by atoms with Gasteiger partial charge < -0.3 is 19.8 Å². The van der Waals surface area contributed by atoms with Gasteiger partial charge in [0.1, 0.15) is 11.8 Å². The molecule has 25 heavy (non-hydrogen) atoms. The number of nitrogens with zero attached hydrogens (tertiary/aromatic N) is 2. The quantitative estimate of drug-likeness (QED) is 0.840. The molecule has 1 aromatic carbocycles. The first-order chi connectivity index (χ1) is 12.0. The molecule has 130 valence electrons. The molecule has 1 aliphatic carbocycles. The fourth-order valence-corrected chi connectivity index (χ4v) is 3.26. The van der Waals surface area contributed by atoms with Crippen molar-refractivity contribution in [3.05, 3.63) is 40.7 Å². The Morgan fingerprint density at radius 1 is 1.40 bits per heavy atom. The minimum absolute atomic E-state index is 0.0803. The van der Waals surface area contributed by atoms with E-state index >= 15 is 0 Å². The van der Waals surface area contributed by atoms with Crippen molar-refractivity contribution in [3.63, 3.8) is 0 Å². The number of aromatic nitrogens is 1. The molecule has 0 aliphatic heterocycles. The first-order valence-corrected chi connectivity index (χ1v) is 8.38. The number of nitrogen functional groups attached to an aromatic ring is 1. The molecule has 3 rings (SSSR count). The van der Waals surface area contributed by atoms with E-state index in [-0.39, 0.29) is 23.0 Å². The highest BCUT2D eigenvalue weighted by Crippen LogP contribution is 2.33. The Hall–Kier alpha value is -2.65. The molecule has 1 saturated carbocycles. The lowest BCUT2D eigenvalue weighted by Crippen LogP contribution is -2.12. The van der Waals surface area contributed by atoms with Gasteiger partial charge in [-0.3, -0.25) is 0 Å². The number of carbonyl (C=O) groups excluding carboxylic acids is 1. The molecule has 1 heterocycles. The molecule has 0 spiro atoms. The summed E-state index contributed by atoms with van der Waals surface area (Å²) in [7, 11) is 1.26. The molecule has 1 aromatic heterocycles. The molecule has 0 radical (unpaired) electrons. The third kappa shape index (κ3) is 3.28. The van der Waals surface area contributed by atoms with Crippen LogP contribution in [0.25, 0.3) is 5.69 Å². The third-order valence-corrected chi connectivity index (χ3v) is 4.63. The normalized spacial score (nSPS) is 14.3. The Morgan fingerprint density at radius 3 is 2.72 bits per heavy atom. The predicted octanol–water partition coefficient (Wildman–Crippen LogP) is 3.69. The van der Waals surface area contributed by atoms with E-state index in [0.29, 0.717) is 16.5 Å². The standard InChI is InChI=1S/C18H18ClN3O3/c1-24-18(23)17-16(21)11(9-20)10-22(17)12-6-7-15(14(19)8-12)25-13-4-2-3-5-13/h6-8,10,13H,2-5,21H2,1H3. The zero-order chi connectivity index (χ0) is 18.0. The molecule has 0 bridgehead atoms. The van der Waals surface area contributed by atoms with E-state index in [4.69, 9.17) is 26.8 Å². The van der Waals surface area contributed by atoms with E-state index in [9.17, 15) is 10.1 Å². The summed E-state index contributed by atoms with van der Waals surface area (Å²) in [6, 6.07) is 7.18. The first-order valence-electron chi connectivity index (χ1n) is 8.01. The number of esters is 1. The second-order valence-corrected chi connectivity index (χ2v) is 6.32. The van der Waals surface area contributed by atoms with Crippen molar-refractivity contribution in [2.45, 2.75) is 31.8 Å².